The molecule has 0 atom stereocenters. The molecule has 0 unspecified atom stereocenters. The van der Waals surface area contributed by atoms with E-state index in [9.17, 15) is 4.79 Å². The highest BCUT2D eigenvalue weighted by atomic mass is 16.5. The van der Waals surface area contributed by atoms with Gasteiger partial charge >= 0.3 is 0 Å². The molecule has 2 aromatic rings. The van der Waals surface area contributed by atoms with Crippen molar-refractivity contribution < 1.29 is 14.3 Å². The van der Waals surface area contributed by atoms with Crippen molar-refractivity contribution in [2.75, 3.05) is 58.2 Å². The minimum atomic E-state index is 0.00510. The summed E-state index contributed by atoms with van der Waals surface area (Å²) in [5.74, 6) is 0.842. The highest BCUT2D eigenvalue weighted by molar-refractivity contribution is 5.92. The molecule has 1 saturated heterocycles. The van der Waals surface area contributed by atoms with E-state index in [-0.39, 0.29) is 5.91 Å². The zero-order valence-electron chi connectivity index (χ0n) is 17.8. The number of likely N-dealkylation sites (N-methyl/N-ethyl adjacent to an activating group) is 1. The molecule has 0 bridgehead atoms. The van der Waals surface area contributed by atoms with Crippen LogP contribution in [0.25, 0.3) is 0 Å². The molecule has 1 amide bonds. The van der Waals surface area contributed by atoms with Crippen molar-refractivity contribution in [2.45, 2.75) is 6.61 Å². The van der Waals surface area contributed by atoms with E-state index in [1.165, 1.54) is 0 Å². The second-order valence-electron chi connectivity index (χ2n) is 7.77. The van der Waals surface area contributed by atoms with Crippen LogP contribution in [0.2, 0.25) is 0 Å². The Balaban J connectivity index is 1.24. The number of fused-ring (bicyclic) bond motifs is 1. The molecule has 0 spiro atoms. The number of nitrogens with one attached hydrogen (secondary N) is 2. The van der Waals surface area contributed by atoms with Crippen LogP contribution in [-0.2, 0) is 16.1 Å². The average molecular weight is 424 g/mol. The van der Waals surface area contributed by atoms with E-state index >= 15 is 0 Å². The van der Waals surface area contributed by atoms with E-state index in [1.807, 2.05) is 48.5 Å². The lowest BCUT2D eigenvalue weighted by atomic mass is 10.1. The van der Waals surface area contributed by atoms with Crippen LogP contribution in [0.3, 0.4) is 0 Å². The van der Waals surface area contributed by atoms with E-state index in [0.717, 1.165) is 48.9 Å². The van der Waals surface area contributed by atoms with Gasteiger partial charge in [-0.05, 0) is 37.4 Å². The zero-order valence-corrected chi connectivity index (χ0v) is 17.8. The van der Waals surface area contributed by atoms with Crippen LogP contribution >= 0.6 is 0 Å². The molecule has 8 nitrogen and oxygen atoms in total. The molecular weight excluding hydrogens is 394 g/mol. The fourth-order valence-corrected chi connectivity index (χ4v) is 3.52. The number of ether oxygens (including phenoxy) is 2. The molecule has 164 valence electrons. The number of carbonyl (C=O) groups is 1. The smallest absolute Gasteiger partial charge is 0.290 e. The number of para-hydroxylation sites is 1. The standard InChI is InChI=1S/C23H29N5O3/c1-27-10-12-28(13-11-27)16-22(29)25-19-7-8-21-18(15-19)17-31-23(26-21)24-9-14-30-20-5-3-2-4-6-20/h2-8,15H,9-14,16-17H2,1H3,(H,24,26)(H,25,29). The van der Waals surface area contributed by atoms with E-state index in [1.54, 1.807) is 0 Å². The number of nitrogens with zero attached hydrogens (tertiary/aromatic N) is 3. The molecule has 2 aliphatic rings. The van der Waals surface area contributed by atoms with Crippen molar-refractivity contribution in [3.63, 3.8) is 0 Å². The number of amides is 1. The Kier molecular flexibility index (Phi) is 7.01. The number of aliphatic imine (C=N–C) groups is 1. The summed E-state index contributed by atoms with van der Waals surface area (Å²) in [5, 5.41) is 6.14. The van der Waals surface area contributed by atoms with Gasteiger partial charge in [0.2, 0.25) is 5.91 Å². The average Bonchev–Trinajstić information content (AvgIpc) is 2.79. The van der Waals surface area contributed by atoms with Crippen LogP contribution in [-0.4, -0.2) is 74.7 Å². The third kappa shape index (κ3) is 6.19. The van der Waals surface area contributed by atoms with Gasteiger partial charge in [0, 0.05) is 37.4 Å². The van der Waals surface area contributed by atoms with Gasteiger partial charge in [0.05, 0.1) is 18.8 Å². The van der Waals surface area contributed by atoms with Crippen LogP contribution in [0.4, 0.5) is 11.4 Å². The number of hydrogen-bond donors (Lipinski definition) is 2. The van der Waals surface area contributed by atoms with Gasteiger partial charge in [-0.25, -0.2) is 0 Å². The second kappa shape index (κ2) is 10.3. The number of piperazine rings is 1. The van der Waals surface area contributed by atoms with Crippen molar-refractivity contribution in [3.8, 4) is 5.75 Å². The molecule has 2 aromatic carbocycles. The number of anilines is 1. The Hall–Kier alpha value is -3.10. The fourth-order valence-electron chi connectivity index (χ4n) is 3.52. The monoisotopic (exact) mass is 423 g/mol. The lowest BCUT2D eigenvalue weighted by Gasteiger charge is -2.31. The van der Waals surface area contributed by atoms with E-state index in [0.29, 0.717) is 32.3 Å². The van der Waals surface area contributed by atoms with Crippen molar-refractivity contribution in [2.24, 2.45) is 4.99 Å². The lowest BCUT2D eigenvalue weighted by molar-refractivity contribution is -0.117. The first-order chi connectivity index (χ1) is 15.2. The maximum Gasteiger partial charge on any atom is 0.290 e. The van der Waals surface area contributed by atoms with Crippen molar-refractivity contribution in [1.82, 2.24) is 15.1 Å². The van der Waals surface area contributed by atoms with Crippen LogP contribution in [0.1, 0.15) is 5.56 Å². The molecule has 2 heterocycles. The van der Waals surface area contributed by atoms with Gasteiger partial charge in [0.15, 0.2) is 0 Å². The summed E-state index contributed by atoms with van der Waals surface area (Å²) < 4.78 is 11.4. The number of carbonyl (C=O) groups excluding carboxylic acids is 1. The molecule has 0 aromatic heterocycles. The predicted octanol–water partition coefficient (Wildman–Crippen LogP) is 2.06. The molecular formula is C23H29N5O3. The Morgan fingerprint density at radius 3 is 2.74 bits per heavy atom. The fraction of sp³-hybridized carbons (Fsp3) is 0.391. The first kappa shape index (κ1) is 21.1. The number of hydrogen-bond acceptors (Lipinski definition) is 7. The third-order valence-electron chi connectivity index (χ3n) is 5.30. The molecule has 0 saturated carbocycles. The Labute approximate surface area is 182 Å². The summed E-state index contributed by atoms with van der Waals surface area (Å²) in [4.78, 5) is 21.4. The van der Waals surface area contributed by atoms with Crippen molar-refractivity contribution >= 4 is 23.3 Å². The van der Waals surface area contributed by atoms with Gasteiger partial charge < -0.3 is 25.0 Å². The summed E-state index contributed by atoms with van der Waals surface area (Å²) in [7, 11) is 2.11. The quantitative estimate of drug-likeness (QED) is 0.664. The van der Waals surface area contributed by atoms with Gasteiger partial charge in [0.25, 0.3) is 6.02 Å². The highest BCUT2D eigenvalue weighted by Crippen LogP contribution is 2.27. The van der Waals surface area contributed by atoms with Crippen molar-refractivity contribution in [3.05, 3.63) is 54.1 Å². The Morgan fingerprint density at radius 1 is 1.13 bits per heavy atom. The second-order valence-corrected chi connectivity index (χ2v) is 7.77. The largest absolute Gasteiger partial charge is 0.492 e. The summed E-state index contributed by atoms with van der Waals surface area (Å²) >= 11 is 0. The number of rotatable bonds is 7. The van der Waals surface area contributed by atoms with Crippen LogP contribution in [0, 0.1) is 0 Å². The third-order valence-corrected chi connectivity index (χ3v) is 5.30. The molecule has 8 heteroatoms. The first-order valence-corrected chi connectivity index (χ1v) is 10.6. The topological polar surface area (TPSA) is 78.4 Å². The Bertz CT molecular complexity index is 911. The predicted molar refractivity (Wildman–Crippen MR) is 121 cm³/mol. The van der Waals surface area contributed by atoms with Gasteiger partial charge in [-0.1, -0.05) is 18.2 Å². The van der Waals surface area contributed by atoms with E-state index in [4.69, 9.17) is 9.47 Å². The number of benzene rings is 2. The van der Waals surface area contributed by atoms with Crippen LogP contribution < -0.4 is 15.4 Å². The minimum Gasteiger partial charge on any atom is -0.492 e. The molecule has 2 N–H and O–H groups in total. The SMILES string of the molecule is CN1CCN(CC(=O)Nc2ccc3c(c2)COC(NCCOc2ccccc2)=N3)CC1. The molecule has 4 rings (SSSR count). The zero-order chi connectivity index (χ0) is 21.5. The molecule has 0 aliphatic carbocycles. The maximum absolute atomic E-state index is 12.4. The van der Waals surface area contributed by atoms with Crippen molar-refractivity contribution in [1.29, 1.82) is 0 Å². The first-order valence-electron chi connectivity index (χ1n) is 10.6. The maximum atomic E-state index is 12.4. The normalized spacial score (nSPS) is 16.6. The number of amidine groups is 1. The molecule has 31 heavy (non-hydrogen) atoms. The Morgan fingerprint density at radius 2 is 1.94 bits per heavy atom. The van der Waals surface area contributed by atoms with Gasteiger partial charge in [0.1, 0.15) is 19.0 Å². The van der Waals surface area contributed by atoms with Crippen LogP contribution in [0.15, 0.2) is 53.5 Å². The van der Waals surface area contributed by atoms with Gasteiger partial charge in [-0.15, -0.1) is 0 Å². The highest BCUT2D eigenvalue weighted by Gasteiger charge is 2.18. The molecule has 1 fully saturated rings. The summed E-state index contributed by atoms with van der Waals surface area (Å²) in [6.45, 7) is 5.75. The van der Waals surface area contributed by atoms with Gasteiger partial charge in [-0.3, -0.25) is 9.69 Å². The van der Waals surface area contributed by atoms with Gasteiger partial charge in [-0.2, -0.15) is 4.99 Å². The minimum absolute atomic E-state index is 0.00510. The van der Waals surface area contributed by atoms with E-state index in [2.05, 4.69) is 32.5 Å². The molecule has 0 radical (unpaired) electrons. The van der Waals surface area contributed by atoms with E-state index < -0.39 is 0 Å². The summed E-state index contributed by atoms with van der Waals surface area (Å²) in [6, 6.07) is 15.9. The molecule has 2 aliphatic heterocycles. The van der Waals surface area contributed by atoms with Crippen LogP contribution in [0.5, 0.6) is 5.75 Å². The summed E-state index contributed by atoms with van der Waals surface area (Å²) in [6.07, 6.45) is 0. The summed E-state index contributed by atoms with van der Waals surface area (Å²) in [5.41, 5.74) is 2.56. The lowest BCUT2D eigenvalue weighted by Crippen LogP contribution is -2.47.